The summed E-state index contributed by atoms with van der Waals surface area (Å²) in [5.74, 6) is -1.73. The van der Waals surface area contributed by atoms with Gasteiger partial charge >= 0.3 is 11.9 Å². The third kappa shape index (κ3) is 6.59. The minimum atomic E-state index is -0.636. The number of para-hydroxylation sites is 1. The van der Waals surface area contributed by atoms with Crippen LogP contribution >= 0.6 is 11.8 Å². The molecule has 0 spiro atoms. The van der Waals surface area contributed by atoms with E-state index >= 15 is 0 Å². The van der Waals surface area contributed by atoms with Crippen molar-refractivity contribution in [3.63, 3.8) is 0 Å². The van der Waals surface area contributed by atoms with Crippen molar-refractivity contribution in [2.24, 2.45) is 0 Å². The largest absolute Gasteiger partial charge is 0.462 e. The monoisotopic (exact) mass is 399 g/mol. The van der Waals surface area contributed by atoms with Crippen molar-refractivity contribution in [2.45, 2.75) is 11.8 Å². The van der Waals surface area contributed by atoms with Crippen LogP contribution in [0.1, 0.15) is 22.8 Å². The Morgan fingerprint density at radius 2 is 1.75 bits per heavy atom. The fourth-order valence-corrected chi connectivity index (χ4v) is 2.64. The lowest BCUT2D eigenvalue weighted by Gasteiger charge is -2.10. The SMILES string of the molecule is CCOC(=O)c1ccccc1NC(=O)COC(=O)/C=C/c1ccc(SC)cc1. The summed E-state index contributed by atoms with van der Waals surface area (Å²) in [5, 5.41) is 2.55. The highest BCUT2D eigenvalue weighted by atomic mass is 32.2. The van der Waals surface area contributed by atoms with Crippen LogP contribution in [0.15, 0.2) is 59.5 Å². The molecule has 0 aliphatic carbocycles. The molecule has 1 amide bonds. The zero-order chi connectivity index (χ0) is 20.4. The molecular formula is C21H21NO5S. The van der Waals surface area contributed by atoms with E-state index in [0.29, 0.717) is 5.69 Å². The van der Waals surface area contributed by atoms with Crippen LogP contribution in [-0.2, 0) is 19.1 Å². The van der Waals surface area contributed by atoms with Gasteiger partial charge in [-0.2, -0.15) is 0 Å². The van der Waals surface area contributed by atoms with Gasteiger partial charge in [0, 0.05) is 11.0 Å². The number of hydrogen-bond donors (Lipinski definition) is 1. The maximum atomic E-state index is 12.0. The Kier molecular flexibility index (Phi) is 8.30. The van der Waals surface area contributed by atoms with Gasteiger partial charge in [-0.3, -0.25) is 4.79 Å². The van der Waals surface area contributed by atoms with Gasteiger partial charge in [0.25, 0.3) is 5.91 Å². The molecule has 0 saturated heterocycles. The van der Waals surface area contributed by atoms with Crippen molar-refractivity contribution in [3.8, 4) is 0 Å². The molecule has 146 valence electrons. The quantitative estimate of drug-likeness (QED) is 0.413. The van der Waals surface area contributed by atoms with Gasteiger partial charge in [0.15, 0.2) is 6.61 Å². The topological polar surface area (TPSA) is 81.7 Å². The molecule has 0 atom stereocenters. The van der Waals surface area contributed by atoms with E-state index in [1.54, 1.807) is 49.0 Å². The number of carbonyl (C=O) groups is 3. The minimum Gasteiger partial charge on any atom is -0.462 e. The molecule has 0 unspecified atom stereocenters. The van der Waals surface area contributed by atoms with Gasteiger partial charge < -0.3 is 14.8 Å². The van der Waals surface area contributed by atoms with Crippen LogP contribution in [0.2, 0.25) is 0 Å². The zero-order valence-corrected chi connectivity index (χ0v) is 16.5. The number of hydrogen-bond acceptors (Lipinski definition) is 6. The molecule has 2 aromatic carbocycles. The van der Waals surface area contributed by atoms with Crippen LogP contribution in [0, 0.1) is 0 Å². The van der Waals surface area contributed by atoms with E-state index in [2.05, 4.69) is 5.32 Å². The van der Waals surface area contributed by atoms with Crippen LogP contribution in [0.4, 0.5) is 5.69 Å². The molecule has 0 heterocycles. The average Bonchev–Trinajstić information content (AvgIpc) is 2.71. The van der Waals surface area contributed by atoms with Crippen LogP contribution in [0.3, 0.4) is 0 Å². The molecule has 0 fully saturated rings. The summed E-state index contributed by atoms with van der Waals surface area (Å²) >= 11 is 1.63. The number of anilines is 1. The first-order chi connectivity index (χ1) is 13.5. The highest BCUT2D eigenvalue weighted by Gasteiger charge is 2.14. The second-order valence-corrected chi connectivity index (χ2v) is 6.41. The van der Waals surface area contributed by atoms with Gasteiger partial charge in [-0.05, 0) is 49.1 Å². The van der Waals surface area contributed by atoms with Gasteiger partial charge in [-0.15, -0.1) is 11.8 Å². The smallest absolute Gasteiger partial charge is 0.340 e. The molecule has 28 heavy (non-hydrogen) atoms. The van der Waals surface area contributed by atoms with Crippen molar-refractivity contribution >= 4 is 41.4 Å². The lowest BCUT2D eigenvalue weighted by Crippen LogP contribution is -2.21. The lowest BCUT2D eigenvalue weighted by atomic mass is 10.2. The maximum Gasteiger partial charge on any atom is 0.340 e. The Hall–Kier alpha value is -3.06. The maximum absolute atomic E-state index is 12.0. The molecule has 0 aliphatic heterocycles. The minimum absolute atomic E-state index is 0.227. The first-order valence-corrected chi connectivity index (χ1v) is 9.81. The Morgan fingerprint density at radius 3 is 2.43 bits per heavy atom. The number of benzene rings is 2. The standard InChI is InChI=1S/C21H21NO5S/c1-3-26-21(25)17-6-4-5-7-18(17)22-19(23)14-27-20(24)13-10-15-8-11-16(28-2)12-9-15/h4-13H,3,14H2,1-2H3,(H,22,23)/b13-10+. The van der Waals surface area contributed by atoms with Gasteiger partial charge in [0.05, 0.1) is 17.9 Å². The highest BCUT2D eigenvalue weighted by Crippen LogP contribution is 2.17. The molecule has 0 bridgehead atoms. The molecule has 2 aromatic rings. The number of nitrogens with one attached hydrogen (secondary N) is 1. The van der Waals surface area contributed by atoms with E-state index in [1.807, 2.05) is 30.5 Å². The summed E-state index contributed by atoms with van der Waals surface area (Å²) in [4.78, 5) is 36.8. The molecule has 2 rings (SSSR count). The predicted octanol–water partition coefficient (Wildman–Crippen LogP) is 3.78. The lowest BCUT2D eigenvalue weighted by molar-refractivity contribution is -0.142. The normalized spacial score (nSPS) is 10.5. The van der Waals surface area contributed by atoms with Crippen molar-refractivity contribution in [1.82, 2.24) is 0 Å². The molecule has 0 saturated carbocycles. The third-order valence-corrected chi connectivity index (χ3v) is 4.31. The van der Waals surface area contributed by atoms with E-state index in [-0.39, 0.29) is 12.2 Å². The Morgan fingerprint density at radius 1 is 1.04 bits per heavy atom. The molecular weight excluding hydrogens is 378 g/mol. The number of carbonyl (C=O) groups excluding carboxylic acids is 3. The average molecular weight is 399 g/mol. The number of thioether (sulfide) groups is 1. The number of amides is 1. The summed E-state index contributed by atoms with van der Waals surface area (Å²) in [7, 11) is 0. The van der Waals surface area contributed by atoms with E-state index in [1.165, 1.54) is 6.08 Å². The Bertz CT molecular complexity index is 861. The Balaban J connectivity index is 1.87. The van der Waals surface area contributed by atoms with Gasteiger partial charge in [0.1, 0.15) is 0 Å². The van der Waals surface area contributed by atoms with Crippen molar-refractivity contribution in [1.29, 1.82) is 0 Å². The van der Waals surface area contributed by atoms with Crippen LogP contribution in [0.5, 0.6) is 0 Å². The molecule has 1 N–H and O–H groups in total. The summed E-state index contributed by atoms with van der Waals surface area (Å²) in [6.45, 7) is 1.46. The second-order valence-electron chi connectivity index (χ2n) is 5.53. The molecule has 0 aromatic heterocycles. The molecule has 6 nitrogen and oxygen atoms in total. The number of rotatable bonds is 8. The van der Waals surface area contributed by atoms with Crippen LogP contribution < -0.4 is 5.32 Å². The van der Waals surface area contributed by atoms with E-state index < -0.39 is 24.5 Å². The third-order valence-electron chi connectivity index (χ3n) is 3.57. The predicted molar refractivity (Wildman–Crippen MR) is 109 cm³/mol. The van der Waals surface area contributed by atoms with Crippen molar-refractivity contribution < 1.29 is 23.9 Å². The first-order valence-electron chi connectivity index (χ1n) is 8.58. The fourth-order valence-electron chi connectivity index (χ4n) is 2.23. The van der Waals surface area contributed by atoms with E-state index in [0.717, 1.165) is 10.5 Å². The Labute approximate surface area is 167 Å². The van der Waals surface area contributed by atoms with Gasteiger partial charge in [0.2, 0.25) is 0 Å². The highest BCUT2D eigenvalue weighted by molar-refractivity contribution is 7.98. The van der Waals surface area contributed by atoms with E-state index in [9.17, 15) is 14.4 Å². The van der Waals surface area contributed by atoms with Gasteiger partial charge in [-0.25, -0.2) is 9.59 Å². The van der Waals surface area contributed by atoms with Crippen LogP contribution in [-0.4, -0.2) is 37.3 Å². The number of ether oxygens (including phenoxy) is 2. The summed E-state index contributed by atoms with van der Waals surface area (Å²) < 4.78 is 9.88. The van der Waals surface area contributed by atoms with Gasteiger partial charge in [-0.1, -0.05) is 24.3 Å². The molecule has 0 aliphatic rings. The van der Waals surface area contributed by atoms with E-state index in [4.69, 9.17) is 9.47 Å². The molecule has 0 radical (unpaired) electrons. The fraction of sp³-hybridized carbons (Fsp3) is 0.190. The number of esters is 2. The molecule has 7 heteroatoms. The van der Waals surface area contributed by atoms with Crippen molar-refractivity contribution in [3.05, 3.63) is 65.7 Å². The van der Waals surface area contributed by atoms with Crippen LogP contribution in [0.25, 0.3) is 6.08 Å². The van der Waals surface area contributed by atoms with Crippen molar-refractivity contribution in [2.75, 3.05) is 24.8 Å². The first kappa shape index (κ1) is 21.2. The summed E-state index contributed by atoms with van der Waals surface area (Å²) in [5.41, 5.74) is 1.38. The second kappa shape index (κ2) is 10.9. The summed E-state index contributed by atoms with van der Waals surface area (Å²) in [6.07, 6.45) is 4.85. The summed E-state index contributed by atoms with van der Waals surface area (Å²) in [6, 6.07) is 14.1. The zero-order valence-electron chi connectivity index (χ0n) is 15.6.